The number of nitrogens with two attached hydrogens (primary N) is 1. The van der Waals surface area contributed by atoms with E-state index in [0.717, 1.165) is 57.5 Å². The Kier molecular flexibility index (Phi) is 5.33. The Labute approximate surface area is 137 Å². The van der Waals surface area contributed by atoms with Crippen molar-refractivity contribution in [1.82, 2.24) is 9.88 Å². The van der Waals surface area contributed by atoms with Gasteiger partial charge in [0.1, 0.15) is 5.82 Å². The lowest BCUT2D eigenvalue weighted by Crippen LogP contribution is -2.40. The van der Waals surface area contributed by atoms with E-state index in [0.29, 0.717) is 18.5 Å². The summed E-state index contributed by atoms with van der Waals surface area (Å²) in [5.74, 6) is 0.872. The van der Waals surface area contributed by atoms with Crippen molar-refractivity contribution in [1.29, 1.82) is 0 Å². The molecule has 2 saturated heterocycles. The molecule has 2 aliphatic rings. The average molecular weight is 318 g/mol. The number of pyridine rings is 1. The summed E-state index contributed by atoms with van der Waals surface area (Å²) >= 11 is 0. The number of aromatic nitrogens is 1. The first kappa shape index (κ1) is 16.1. The first-order valence-corrected chi connectivity index (χ1v) is 8.57. The van der Waals surface area contributed by atoms with Crippen molar-refractivity contribution in [3.8, 4) is 0 Å². The molecular formula is C17H26N4O2. The van der Waals surface area contributed by atoms with E-state index in [1.54, 1.807) is 12.3 Å². The Hall–Kier alpha value is -1.82. The van der Waals surface area contributed by atoms with Gasteiger partial charge in [0.25, 0.3) is 0 Å². The summed E-state index contributed by atoms with van der Waals surface area (Å²) in [7, 11) is 0. The maximum Gasteiger partial charge on any atom is 0.228 e. The molecule has 3 heterocycles. The number of carbonyl (C=O) groups is 1. The summed E-state index contributed by atoms with van der Waals surface area (Å²) in [5.41, 5.74) is 6.60. The quantitative estimate of drug-likeness (QED) is 0.889. The van der Waals surface area contributed by atoms with Crippen molar-refractivity contribution < 1.29 is 9.53 Å². The second-order valence-corrected chi connectivity index (χ2v) is 6.48. The Morgan fingerprint density at radius 2 is 2.17 bits per heavy atom. The number of rotatable bonds is 3. The SMILES string of the molecule is Nc1ccc(N[C@H]2CCCN(C(=O)[C@@H]3CCCOC3)CC2)cn1. The number of amides is 1. The minimum absolute atomic E-state index is 0.0644. The van der Waals surface area contributed by atoms with Gasteiger partial charge in [-0.2, -0.15) is 0 Å². The number of nitrogens with one attached hydrogen (secondary N) is 1. The number of nitrogen functional groups attached to an aromatic ring is 1. The van der Waals surface area contributed by atoms with Gasteiger partial charge in [0.05, 0.1) is 24.4 Å². The molecule has 0 aromatic carbocycles. The zero-order valence-electron chi connectivity index (χ0n) is 13.5. The van der Waals surface area contributed by atoms with Crippen molar-refractivity contribution in [3.05, 3.63) is 18.3 Å². The molecule has 3 N–H and O–H groups in total. The molecule has 126 valence electrons. The third kappa shape index (κ3) is 4.34. The number of nitrogens with zero attached hydrogens (tertiary/aromatic N) is 2. The molecule has 3 rings (SSSR count). The van der Waals surface area contributed by atoms with Gasteiger partial charge in [0, 0.05) is 25.7 Å². The van der Waals surface area contributed by atoms with E-state index in [2.05, 4.69) is 10.3 Å². The van der Waals surface area contributed by atoms with E-state index in [9.17, 15) is 4.79 Å². The Morgan fingerprint density at radius 3 is 2.91 bits per heavy atom. The minimum Gasteiger partial charge on any atom is -0.384 e. The van der Waals surface area contributed by atoms with Gasteiger partial charge >= 0.3 is 0 Å². The highest BCUT2D eigenvalue weighted by Gasteiger charge is 2.28. The predicted octanol–water partition coefficient (Wildman–Crippen LogP) is 1.88. The van der Waals surface area contributed by atoms with Gasteiger partial charge in [-0.1, -0.05) is 0 Å². The molecule has 0 spiro atoms. The van der Waals surface area contributed by atoms with Crippen LogP contribution in [0, 0.1) is 5.92 Å². The highest BCUT2D eigenvalue weighted by molar-refractivity contribution is 5.79. The van der Waals surface area contributed by atoms with Crippen LogP contribution in [0.1, 0.15) is 32.1 Å². The maximum absolute atomic E-state index is 12.6. The fourth-order valence-electron chi connectivity index (χ4n) is 3.38. The predicted molar refractivity (Wildman–Crippen MR) is 90.0 cm³/mol. The van der Waals surface area contributed by atoms with Crippen LogP contribution in [0.3, 0.4) is 0 Å². The lowest BCUT2D eigenvalue weighted by Gasteiger charge is -2.28. The first-order valence-electron chi connectivity index (χ1n) is 8.57. The van der Waals surface area contributed by atoms with Crippen LogP contribution in [-0.4, -0.2) is 48.1 Å². The normalized spacial score (nSPS) is 25.7. The molecule has 1 amide bonds. The second-order valence-electron chi connectivity index (χ2n) is 6.48. The molecule has 0 saturated carbocycles. The molecule has 1 aromatic rings. The molecule has 0 bridgehead atoms. The van der Waals surface area contributed by atoms with Crippen LogP contribution in [0.4, 0.5) is 11.5 Å². The van der Waals surface area contributed by atoms with Crippen LogP contribution in [0.5, 0.6) is 0 Å². The molecule has 2 fully saturated rings. The van der Waals surface area contributed by atoms with Crippen LogP contribution < -0.4 is 11.1 Å². The standard InChI is InChI=1S/C17H26N4O2/c18-16-6-5-15(11-19-16)20-14-4-1-8-21(9-7-14)17(22)13-3-2-10-23-12-13/h5-6,11,13-14,20H,1-4,7-10,12H2,(H2,18,19)/t13-,14+/m1/s1. The van der Waals surface area contributed by atoms with Crippen LogP contribution in [0.15, 0.2) is 18.3 Å². The molecular weight excluding hydrogens is 292 g/mol. The van der Waals surface area contributed by atoms with Gasteiger partial charge in [0.2, 0.25) is 5.91 Å². The number of hydrogen-bond donors (Lipinski definition) is 2. The van der Waals surface area contributed by atoms with Crippen molar-refractivity contribution in [2.75, 3.05) is 37.4 Å². The van der Waals surface area contributed by atoms with Crippen LogP contribution >= 0.6 is 0 Å². The number of hydrogen-bond acceptors (Lipinski definition) is 5. The monoisotopic (exact) mass is 318 g/mol. The summed E-state index contributed by atoms with van der Waals surface area (Å²) in [6.45, 7) is 3.06. The third-order valence-corrected chi connectivity index (χ3v) is 4.71. The first-order chi connectivity index (χ1) is 11.2. The number of ether oxygens (including phenoxy) is 1. The smallest absolute Gasteiger partial charge is 0.228 e. The largest absolute Gasteiger partial charge is 0.384 e. The molecule has 6 nitrogen and oxygen atoms in total. The molecule has 6 heteroatoms. The van der Waals surface area contributed by atoms with Gasteiger partial charge in [-0.25, -0.2) is 4.98 Å². The van der Waals surface area contributed by atoms with E-state index in [1.165, 1.54) is 0 Å². The van der Waals surface area contributed by atoms with Gasteiger partial charge < -0.3 is 20.7 Å². The summed E-state index contributed by atoms with van der Waals surface area (Å²) in [6, 6.07) is 4.13. The summed E-state index contributed by atoms with van der Waals surface area (Å²) < 4.78 is 5.46. The molecule has 23 heavy (non-hydrogen) atoms. The van der Waals surface area contributed by atoms with E-state index >= 15 is 0 Å². The van der Waals surface area contributed by atoms with Crippen LogP contribution in [0.25, 0.3) is 0 Å². The maximum atomic E-state index is 12.6. The van der Waals surface area contributed by atoms with Crippen LogP contribution in [-0.2, 0) is 9.53 Å². The molecule has 2 aliphatic heterocycles. The van der Waals surface area contributed by atoms with Gasteiger partial charge in [-0.05, 0) is 44.2 Å². The lowest BCUT2D eigenvalue weighted by atomic mass is 10.0. The van der Waals surface area contributed by atoms with E-state index in [-0.39, 0.29) is 11.8 Å². The van der Waals surface area contributed by atoms with Gasteiger partial charge in [0.15, 0.2) is 0 Å². The lowest BCUT2D eigenvalue weighted by molar-refractivity contribution is -0.139. The third-order valence-electron chi connectivity index (χ3n) is 4.71. The second kappa shape index (κ2) is 7.64. The van der Waals surface area contributed by atoms with Crippen molar-refractivity contribution in [3.63, 3.8) is 0 Å². The number of anilines is 2. The summed E-state index contributed by atoms with van der Waals surface area (Å²) in [4.78, 5) is 18.7. The summed E-state index contributed by atoms with van der Waals surface area (Å²) in [6.07, 6.45) is 6.79. The fourth-order valence-corrected chi connectivity index (χ4v) is 3.38. The molecule has 2 atom stereocenters. The Bertz CT molecular complexity index is 514. The number of likely N-dealkylation sites (tertiary alicyclic amines) is 1. The van der Waals surface area contributed by atoms with E-state index in [1.807, 2.05) is 11.0 Å². The topological polar surface area (TPSA) is 80.5 Å². The fraction of sp³-hybridized carbons (Fsp3) is 0.647. The zero-order chi connectivity index (χ0) is 16.1. The minimum atomic E-state index is 0.0644. The van der Waals surface area contributed by atoms with Crippen LogP contribution in [0.2, 0.25) is 0 Å². The van der Waals surface area contributed by atoms with Gasteiger partial charge in [-0.3, -0.25) is 4.79 Å². The van der Waals surface area contributed by atoms with Crippen molar-refractivity contribution in [2.24, 2.45) is 5.92 Å². The van der Waals surface area contributed by atoms with E-state index < -0.39 is 0 Å². The highest BCUT2D eigenvalue weighted by Crippen LogP contribution is 2.21. The van der Waals surface area contributed by atoms with Gasteiger partial charge in [-0.15, -0.1) is 0 Å². The Morgan fingerprint density at radius 1 is 1.26 bits per heavy atom. The molecule has 0 radical (unpaired) electrons. The highest BCUT2D eigenvalue weighted by atomic mass is 16.5. The van der Waals surface area contributed by atoms with Crippen molar-refractivity contribution in [2.45, 2.75) is 38.1 Å². The van der Waals surface area contributed by atoms with Crippen molar-refractivity contribution >= 4 is 17.4 Å². The molecule has 0 aliphatic carbocycles. The summed E-state index contributed by atoms with van der Waals surface area (Å²) in [5, 5.41) is 3.51. The van der Waals surface area contributed by atoms with E-state index in [4.69, 9.17) is 10.5 Å². The zero-order valence-corrected chi connectivity index (χ0v) is 13.5. The molecule has 0 unspecified atom stereocenters. The Balaban J connectivity index is 1.52. The average Bonchev–Trinajstić information content (AvgIpc) is 2.83. The molecule has 1 aromatic heterocycles. The number of carbonyl (C=O) groups excluding carboxylic acids is 1.